The molecule has 0 radical (unpaired) electrons. The first kappa shape index (κ1) is 29.3. The first-order valence-electron chi connectivity index (χ1n) is 13.8. The molecule has 1 aromatic heterocycles. The van der Waals surface area contributed by atoms with Crippen LogP contribution in [0.3, 0.4) is 0 Å². The van der Waals surface area contributed by atoms with Gasteiger partial charge >= 0.3 is 0 Å². The molecular formula is C31H40FN5O3. The lowest BCUT2D eigenvalue weighted by Gasteiger charge is -2.31. The number of fused-ring (bicyclic) bond motifs is 1. The molecule has 4 rings (SSSR count). The predicted octanol–water partition coefficient (Wildman–Crippen LogP) is 4.51. The molecule has 0 saturated carbocycles. The Kier molecular flexibility index (Phi) is 8.93. The van der Waals surface area contributed by atoms with Crippen molar-refractivity contribution in [3.05, 3.63) is 64.7 Å². The molecule has 1 fully saturated rings. The molecular weight excluding hydrogens is 509 g/mol. The lowest BCUT2D eigenvalue weighted by molar-refractivity contribution is -0.122. The zero-order chi connectivity index (χ0) is 29.0. The highest BCUT2D eigenvalue weighted by atomic mass is 19.1. The Hall–Kier alpha value is -3.72. The maximum Gasteiger partial charge on any atom is 0.262 e. The van der Waals surface area contributed by atoms with Crippen molar-refractivity contribution in [1.82, 2.24) is 20.2 Å². The number of allylic oxidation sites excluding steroid dienone is 1. The molecule has 3 aromatic rings. The molecule has 8 nitrogen and oxygen atoms in total. The summed E-state index contributed by atoms with van der Waals surface area (Å²) in [6.07, 6.45) is 5.35. The third-order valence-corrected chi connectivity index (χ3v) is 6.95. The average Bonchev–Trinajstić information content (AvgIpc) is 3.06. The molecule has 9 heteroatoms. The monoisotopic (exact) mass is 549 g/mol. The fourth-order valence-corrected chi connectivity index (χ4v) is 5.06. The topological polar surface area (TPSA) is 88.5 Å². The number of rotatable bonds is 8. The van der Waals surface area contributed by atoms with Crippen LogP contribution < -0.4 is 25.8 Å². The Balaban J connectivity index is 1.84. The third kappa shape index (κ3) is 6.70. The maximum atomic E-state index is 14.2. The van der Waals surface area contributed by atoms with Crippen LogP contribution in [0.1, 0.15) is 41.0 Å². The van der Waals surface area contributed by atoms with Crippen molar-refractivity contribution in [2.45, 2.75) is 59.7 Å². The van der Waals surface area contributed by atoms with Crippen molar-refractivity contribution in [3.63, 3.8) is 0 Å². The molecule has 1 amide bonds. The Labute approximate surface area is 235 Å². The number of methoxy groups -OCH3 is 1. The SMILES string of the molecule is CC/C=C/C1CN(c2ccc3nc(-c4ccc(F)c(OC)c4)n(CC(=O)NC(C)C)c(=O)c3c2)CC(C)(C)CN1. The first-order chi connectivity index (χ1) is 19.0. The van der Waals surface area contributed by atoms with E-state index < -0.39 is 5.82 Å². The van der Waals surface area contributed by atoms with Gasteiger partial charge in [0.1, 0.15) is 12.4 Å². The standard InChI is InChI=1S/C31H40FN5O3/c1-7-8-9-22-16-36(19-31(4,5)18-33-22)23-11-13-26-24(15-23)30(39)37(17-28(38)34-20(2)3)29(35-26)21-10-12-25(32)27(14-21)40-6/h8-15,20,22,33H,7,16-19H2,1-6H3,(H,34,38)/b9-8+. The molecule has 0 bridgehead atoms. The van der Waals surface area contributed by atoms with E-state index in [0.29, 0.717) is 16.5 Å². The number of carbonyl (C=O) groups excluding carboxylic acids is 1. The Morgan fingerprint density at radius 1 is 1.27 bits per heavy atom. The van der Waals surface area contributed by atoms with E-state index in [-0.39, 0.29) is 47.1 Å². The van der Waals surface area contributed by atoms with Crippen molar-refractivity contribution < 1.29 is 13.9 Å². The third-order valence-electron chi connectivity index (χ3n) is 6.95. The van der Waals surface area contributed by atoms with Crippen LogP contribution in [-0.4, -0.2) is 54.3 Å². The summed E-state index contributed by atoms with van der Waals surface area (Å²) in [6.45, 7) is 12.5. The van der Waals surface area contributed by atoms with Gasteiger partial charge in [0, 0.05) is 43.0 Å². The summed E-state index contributed by atoms with van der Waals surface area (Å²) in [5.74, 6) is -0.530. The Bertz CT molecular complexity index is 1460. The molecule has 214 valence electrons. The van der Waals surface area contributed by atoms with E-state index in [1.54, 1.807) is 0 Å². The van der Waals surface area contributed by atoms with E-state index in [2.05, 4.69) is 48.5 Å². The predicted molar refractivity (Wildman–Crippen MR) is 158 cm³/mol. The van der Waals surface area contributed by atoms with Gasteiger partial charge in [-0.15, -0.1) is 0 Å². The van der Waals surface area contributed by atoms with Gasteiger partial charge in [0.15, 0.2) is 11.6 Å². The fourth-order valence-electron chi connectivity index (χ4n) is 5.06. The lowest BCUT2D eigenvalue weighted by Crippen LogP contribution is -2.37. The summed E-state index contributed by atoms with van der Waals surface area (Å²) in [5.41, 5.74) is 1.58. The normalized spacial score (nSPS) is 17.4. The lowest BCUT2D eigenvalue weighted by atomic mass is 9.93. The van der Waals surface area contributed by atoms with Crippen LogP contribution in [0.15, 0.2) is 53.3 Å². The van der Waals surface area contributed by atoms with Gasteiger partial charge in [0.25, 0.3) is 5.56 Å². The van der Waals surface area contributed by atoms with E-state index in [9.17, 15) is 14.0 Å². The van der Waals surface area contributed by atoms with Gasteiger partial charge in [0.2, 0.25) is 5.91 Å². The summed E-state index contributed by atoms with van der Waals surface area (Å²) in [7, 11) is 1.38. The number of ether oxygens (including phenoxy) is 1. The maximum absolute atomic E-state index is 14.2. The van der Waals surface area contributed by atoms with E-state index >= 15 is 0 Å². The highest BCUT2D eigenvalue weighted by Gasteiger charge is 2.28. The number of nitrogens with zero attached hydrogens (tertiary/aromatic N) is 3. The number of hydrogen-bond acceptors (Lipinski definition) is 6. The van der Waals surface area contributed by atoms with E-state index in [1.807, 2.05) is 32.0 Å². The van der Waals surface area contributed by atoms with Crippen LogP contribution in [-0.2, 0) is 11.3 Å². The van der Waals surface area contributed by atoms with Crippen molar-refractivity contribution in [2.75, 3.05) is 31.6 Å². The summed E-state index contributed by atoms with van der Waals surface area (Å²) in [6, 6.07) is 10.1. The molecule has 40 heavy (non-hydrogen) atoms. The molecule has 1 atom stereocenters. The molecule has 0 aliphatic carbocycles. The highest BCUT2D eigenvalue weighted by molar-refractivity contribution is 5.85. The summed E-state index contributed by atoms with van der Waals surface area (Å²) in [4.78, 5) is 33.9. The summed E-state index contributed by atoms with van der Waals surface area (Å²) in [5, 5.41) is 6.92. The number of carbonyl (C=O) groups is 1. The van der Waals surface area contributed by atoms with Crippen LogP contribution in [0.5, 0.6) is 5.75 Å². The van der Waals surface area contributed by atoms with Crippen molar-refractivity contribution in [1.29, 1.82) is 0 Å². The molecule has 1 aliphatic rings. The minimum atomic E-state index is -0.523. The second kappa shape index (κ2) is 12.2. The number of halogens is 1. The molecule has 0 spiro atoms. The van der Waals surface area contributed by atoms with Crippen LogP contribution in [0.4, 0.5) is 10.1 Å². The van der Waals surface area contributed by atoms with Gasteiger partial charge in [-0.2, -0.15) is 0 Å². The van der Waals surface area contributed by atoms with Gasteiger partial charge in [-0.05, 0) is 62.1 Å². The van der Waals surface area contributed by atoms with Crippen LogP contribution in [0.2, 0.25) is 0 Å². The van der Waals surface area contributed by atoms with Gasteiger partial charge in [-0.3, -0.25) is 14.2 Å². The number of hydrogen-bond donors (Lipinski definition) is 2. The van der Waals surface area contributed by atoms with Crippen LogP contribution >= 0.6 is 0 Å². The fraction of sp³-hybridized carbons (Fsp3) is 0.452. The molecule has 2 N–H and O–H groups in total. The highest BCUT2D eigenvalue weighted by Crippen LogP contribution is 2.29. The van der Waals surface area contributed by atoms with Crippen LogP contribution in [0.25, 0.3) is 22.3 Å². The van der Waals surface area contributed by atoms with Gasteiger partial charge in [-0.25, -0.2) is 9.37 Å². The number of anilines is 1. The van der Waals surface area contributed by atoms with Crippen molar-refractivity contribution in [2.24, 2.45) is 5.41 Å². The molecule has 1 aliphatic heterocycles. The zero-order valence-corrected chi connectivity index (χ0v) is 24.3. The smallest absolute Gasteiger partial charge is 0.262 e. The van der Waals surface area contributed by atoms with Gasteiger partial charge in [0.05, 0.1) is 18.0 Å². The van der Waals surface area contributed by atoms with Crippen LogP contribution in [0, 0.1) is 11.2 Å². The minimum absolute atomic E-state index is 0.0165. The largest absolute Gasteiger partial charge is 0.494 e. The quantitative estimate of drug-likeness (QED) is 0.402. The zero-order valence-electron chi connectivity index (χ0n) is 24.3. The summed E-state index contributed by atoms with van der Waals surface area (Å²) < 4.78 is 20.7. The van der Waals surface area contributed by atoms with Crippen molar-refractivity contribution >= 4 is 22.5 Å². The Morgan fingerprint density at radius 2 is 2.05 bits per heavy atom. The van der Waals surface area contributed by atoms with Gasteiger partial charge in [-0.1, -0.05) is 32.9 Å². The Morgan fingerprint density at radius 3 is 2.75 bits per heavy atom. The number of aromatic nitrogens is 2. The first-order valence-corrected chi connectivity index (χ1v) is 13.8. The molecule has 1 unspecified atom stereocenters. The number of nitrogens with one attached hydrogen (secondary N) is 2. The molecule has 2 aromatic carbocycles. The second-order valence-electron chi connectivity index (χ2n) is 11.5. The van der Waals surface area contributed by atoms with E-state index in [4.69, 9.17) is 9.72 Å². The van der Waals surface area contributed by atoms with Crippen molar-refractivity contribution in [3.8, 4) is 17.1 Å². The number of amides is 1. The number of benzene rings is 2. The summed E-state index contributed by atoms with van der Waals surface area (Å²) >= 11 is 0. The van der Waals surface area contributed by atoms with Gasteiger partial charge < -0.3 is 20.3 Å². The second-order valence-corrected chi connectivity index (χ2v) is 11.5. The minimum Gasteiger partial charge on any atom is -0.494 e. The van der Waals surface area contributed by atoms with E-state index in [1.165, 1.54) is 29.9 Å². The average molecular weight is 550 g/mol. The molecule has 1 saturated heterocycles. The van der Waals surface area contributed by atoms with E-state index in [0.717, 1.165) is 31.7 Å². The molecule has 2 heterocycles.